The fraction of sp³-hybridized carbons (Fsp3) is 0.200. The quantitative estimate of drug-likeness (QED) is 0.580. The van der Waals surface area contributed by atoms with Gasteiger partial charge in [-0.3, -0.25) is 4.79 Å². The second kappa shape index (κ2) is 10.2. The molecule has 0 bridgehead atoms. The molecule has 0 saturated heterocycles. The van der Waals surface area contributed by atoms with Crippen molar-refractivity contribution in [3.8, 4) is 0 Å². The van der Waals surface area contributed by atoms with Crippen molar-refractivity contribution < 1.29 is 14.3 Å². The van der Waals surface area contributed by atoms with Gasteiger partial charge in [-0.1, -0.05) is 78.4 Å². The van der Waals surface area contributed by atoms with Crippen molar-refractivity contribution in [1.82, 2.24) is 5.32 Å². The van der Waals surface area contributed by atoms with Crippen molar-refractivity contribution in [2.75, 3.05) is 13.2 Å². The Hall–Kier alpha value is -3.40. The molecule has 0 fully saturated rings. The summed E-state index contributed by atoms with van der Waals surface area (Å²) in [5, 5.41) is 2.85. The van der Waals surface area contributed by atoms with Gasteiger partial charge in [0, 0.05) is 12.5 Å². The first kappa shape index (κ1) is 20.3. The van der Waals surface area contributed by atoms with Crippen LogP contribution in [0.2, 0.25) is 0 Å². The first-order chi connectivity index (χ1) is 14.1. The van der Waals surface area contributed by atoms with Gasteiger partial charge in [-0.15, -0.1) is 0 Å². The number of esters is 1. The SMILES string of the molecule is Cc1ccc(C(=O)OCC(=O)NCCC(c2ccccc2)c2ccccc2)cc1. The van der Waals surface area contributed by atoms with E-state index in [-0.39, 0.29) is 18.4 Å². The maximum absolute atomic E-state index is 12.1. The number of rotatable bonds is 8. The summed E-state index contributed by atoms with van der Waals surface area (Å²) in [7, 11) is 0. The number of nitrogens with one attached hydrogen (secondary N) is 1. The summed E-state index contributed by atoms with van der Waals surface area (Å²) in [4.78, 5) is 24.1. The highest BCUT2D eigenvalue weighted by atomic mass is 16.5. The molecule has 3 aromatic carbocycles. The average Bonchev–Trinajstić information content (AvgIpc) is 2.77. The van der Waals surface area contributed by atoms with Crippen LogP contribution < -0.4 is 5.32 Å². The highest BCUT2D eigenvalue weighted by Crippen LogP contribution is 2.27. The molecular formula is C25H25NO3. The summed E-state index contributed by atoms with van der Waals surface area (Å²) >= 11 is 0. The van der Waals surface area contributed by atoms with Crippen LogP contribution in [0.4, 0.5) is 0 Å². The van der Waals surface area contributed by atoms with Gasteiger partial charge in [0.25, 0.3) is 5.91 Å². The van der Waals surface area contributed by atoms with Crippen molar-refractivity contribution >= 4 is 11.9 Å². The lowest BCUT2D eigenvalue weighted by molar-refractivity contribution is -0.124. The maximum atomic E-state index is 12.1. The Labute approximate surface area is 171 Å². The maximum Gasteiger partial charge on any atom is 0.338 e. The van der Waals surface area contributed by atoms with Gasteiger partial charge in [-0.2, -0.15) is 0 Å². The molecule has 0 aliphatic heterocycles. The van der Waals surface area contributed by atoms with E-state index < -0.39 is 5.97 Å². The molecule has 0 aliphatic carbocycles. The van der Waals surface area contributed by atoms with Gasteiger partial charge < -0.3 is 10.1 Å². The normalized spacial score (nSPS) is 10.6. The summed E-state index contributed by atoms with van der Waals surface area (Å²) in [6.45, 7) is 2.16. The number of carbonyl (C=O) groups is 2. The molecule has 148 valence electrons. The minimum Gasteiger partial charge on any atom is -0.452 e. The zero-order valence-corrected chi connectivity index (χ0v) is 16.5. The Morgan fingerprint density at radius 2 is 1.38 bits per heavy atom. The zero-order valence-electron chi connectivity index (χ0n) is 16.5. The van der Waals surface area contributed by atoms with Gasteiger partial charge in [-0.25, -0.2) is 4.79 Å². The summed E-state index contributed by atoms with van der Waals surface area (Å²) < 4.78 is 5.11. The molecule has 3 rings (SSSR count). The van der Waals surface area contributed by atoms with E-state index in [2.05, 4.69) is 29.6 Å². The van der Waals surface area contributed by atoms with Gasteiger partial charge in [0.15, 0.2) is 6.61 Å². The molecule has 0 spiro atoms. The lowest BCUT2D eigenvalue weighted by Crippen LogP contribution is -2.30. The van der Waals surface area contributed by atoms with Crippen molar-refractivity contribution in [3.05, 3.63) is 107 Å². The molecule has 1 amide bonds. The summed E-state index contributed by atoms with van der Waals surface area (Å²) in [6.07, 6.45) is 0.756. The number of ether oxygens (including phenoxy) is 1. The number of aryl methyl sites for hydroxylation is 1. The van der Waals surface area contributed by atoms with Crippen LogP contribution in [0.25, 0.3) is 0 Å². The molecule has 0 aliphatic rings. The Kier molecular flexibility index (Phi) is 7.17. The van der Waals surface area contributed by atoms with Crippen LogP contribution in [0, 0.1) is 6.92 Å². The van der Waals surface area contributed by atoms with E-state index in [0.29, 0.717) is 12.1 Å². The van der Waals surface area contributed by atoms with E-state index in [0.717, 1.165) is 12.0 Å². The van der Waals surface area contributed by atoms with Gasteiger partial charge in [-0.05, 0) is 36.6 Å². The van der Waals surface area contributed by atoms with Crippen LogP contribution in [-0.2, 0) is 9.53 Å². The van der Waals surface area contributed by atoms with E-state index in [1.807, 2.05) is 55.5 Å². The predicted molar refractivity (Wildman–Crippen MR) is 114 cm³/mol. The average molecular weight is 387 g/mol. The first-order valence-corrected chi connectivity index (χ1v) is 9.74. The second-order valence-corrected chi connectivity index (χ2v) is 6.95. The highest BCUT2D eigenvalue weighted by molar-refractivity contribution is 5.91. The van der Waals surface area contributed by atoms with E-state index >= 15 is 0 Å². The fourth-order valence-corrected chi connectivity index (χ4v) is 3.21. The number of hydrogen-bond acceptors (Lipinski definition) is 3. The monoisotopic (exact) mass is 387 g/mol. The number of hydrogen-bond donors (Lipinski definition) is 1. The summed E-state index contributed by atoms with van der Waals surface area (Å²) in [6, 6.07) is 27.5. The smallest absolute Gasteiger partial charge is 0.338 e. The lowest BCUT2D eigenvalue weighted by atomic mass is 9.88. The largest absolute Gasteiger partial charge is 0.452 e. The third-order valence-electron chi connectivity index (χ3n) is 4.78. The number of amides is 1. The third kappa shape index (κ3) is 6.04. The Morgan fingerprint density at radius 3 is 1.93 bits per heavy atom. The van der Waals surface area contributed by atoms with Crippen LogP contribution in [0.15, 0.2) is 84.9 Å². The third-order valence-corrected chi connectivity index (χ3v) is 4.78. The topological polar surface area (TPSA) is 55.4 Å². The fourth-order valence-electron chi connectivity index (χ4n) is 3.21. The van der Waals surface area contributed by atoms with Crippen LogP contribution in [-0.4, -0.2) is 25.0 Å². The van der Waals surface area contributed by atoms with E-state index in [9.17, 15) is 9.59 Å². The summed E-state index contributed by atoms with van der Waals surface area (Å²) in [5.41, 5.74) is 3.92. The van der Waals surface area contributed by atoms with Gasteiger partial charge in [0.1, 0.15) is 0 Å². The van der Waals surface area contributed by atoms with E-state index in [1.165, 1.54) is 11.1 Å². The molecule has 0 unspecified atom stereocenters. The van der Waals surface area contributed by atoms with Gasteiger partial charge in [0.05, 0.1) is 5.56 Å². The Bertz CT molecular complexity index is 882. The molecule has 0 radical (unpaired) electrons. The second-order valence-electron chi connectivity index (χ2n) is 6.95. The van der Waals surface area contributed by atoms with Crippen molar-refractivity contribution in [3.63, 3.8) is 0 Å². The molecule has 4 nitrogen and oxygen atoms in total. The highest BCUT2D eigenvalue weighted by Gasteiger charge is 2.15. The minimum absolute atomic E-state index is 0.188. The van der Waals surface area contributed by atoms with Crippen molar-refractivity contribution in [1.29, 1.82) is 0 Å². The Morgan fingerprint density at radius 1 is 0.828 bits per heavy atom. The van der Waals surface area contributed by atoms with Crippen LogP contribution >= 0.6 is 0 Å². The van der Waals surface area contributed by atoms with Crippen LogP contribution in [0.5, 0.6) is 0 Å². The molecule has 4 heteroatoms. The summed E-state index contributed by atoms with van der Waals surface area (Å²) in [5.74, 6) is -0.607. The predicted octanol–water partition coefficient (Wildman–Crippen LogP) is 4.49. The number of benzene rings is 3. The zero-order chi connectivity index (χ0) is 20.5. The molecule has 0 saturated carbocycles. The first-order valence-electron chi connectivity index (χ1n) is 9.74. The standard InChI is InChI=1S/C25H25NO3/c1-19-12-14-22(15-13-19)25(28)29-18-24(27)26-17-16-23(20-8-4-2-5-9-20)21-10-6-3-7-11-21/h2-15,23H,16-18H2,1H3,(H,26,27). The van der Waals surface area contributed by atoms with Crippen LogP contribution in [0.3, 0.4) is 0 Å². The molecule has 0 aromatic heterocycles. The van der Waals surface area contributed by atoms with E-state index in [1.54, 1.807) is 12.1 Å². The minimum atomic E-state index is -0.494. The molecule has 0 atom stereocenters. The number of carbonyl (C=O) groups excluding carboxylic acids is 2. The van der Waals surface area contributed by atoms with Crippen molar-refractivity contribution in [2.24, 2.45) is 0 Å². The molecule has 3 aromatic rings. The van der Waals surface area contributed by atoms with Crippen LogP contribution in [0.1, 0.15) is 39.4 Å². The molecule has 1 N–H and O–H groups in total. The van der Waals surface area contributed by atoms with E-state index in [4.69, 9.17) is 4.74 Å². The molecule has 29 heavy (non-hydrogen) atoms. The van der Waals surface area contributed by atoms with Gasteiger partial charge >= 0.3 is 5.97 Å². The Balaban J connectivity index is 1.51. The molecule has 0 heterocycles. The van der Waals surface area contributed by atoms with Gasteiger partial charge in [0.2, 0.25) is 0 Å². The van der Waals surface area contributed by atoms with Crippen molar-refractivity contribution in [2.45, 2.75) is 19.3 Å². The molecular weight excluding hydrogens is 362 g/mol. The lowest BCUT2D eigenvalue weighted by Gasteiger charge is -2.18.